The molecule has 6 heteroatoms. The van der Waals surface area contributed by atoms with Crippen molar-refractivity contribution in [2.45, 2.75) is 6.54 Å². The molecular weight excluding hydrogens is 240 g/mol. The number of pyridine rings is 1. The normalized spacial score (nSPS) is 11.0. The summed E-state index contributed by atoms with van der Waals surface area (Å²) in [5.41, 5.74) is 4.66. The van der Waals surface area contributed by atoms with E-state index in [0.717, 1.165) is 16.9 Å². The predicted octanol–water partition coefficient (Wildman–Crippen LogP) is 2.60. The standard InChI is InChI=1S/C10H8N4S2/c15-10-13-8-2-1-3-11-9(8)14(10)4-7-5-16-6-12-7/h1-3,5-6H,4H2,(H,13,15). The molecule has 3 heterocycles. The van der Waals surface area contributed by atoms with Crippen LogP contribution in [0.25, 0.3) is 11.2 Å². The molecule has 3 aromatic rings. The van der Waals surface area contributed by atoms with Crippen LogP contribution in [0.1, 0.15) is 5.69 Å². The molecule has 0 saturated heterocycles. The largest absolute Gasteiger partial charge is 0.329 e. The first-order valence-electron chi connectivity index (χ1n) is 4.75. The van der Waals surface area contributed by atoms with Gasteiger partial charge in [0.25, 0.3) is 0 Å². The third-order valence-electron chi connectivity index (χ3n) is 2.33. The Kier molecular flexibility index (Phi) is 2.30. The molecule has 3 rings (SSSR count). The van der Waals surface area contributed by atoms with Crippen LogP contribution >= 0.6 is 23.6 Å². The molecule has 0 aliphatic heterocycles. The van der Waals surface area contributed by atoms with Gasteiger partial charge in [0.2, 0.25) is 0 Å². The molecule has 80 valence electrons. The van der Waals surface area contributed by atoms with Gasteiger partial charge in [0.05, 0.1) is 23.3 Å². The minimum atomic E-state index is 0.666. The van der Waals surface area contributed by atoms with Gasteiger partial charge in [-0.05, 0) is 24.4 Å². The highest BCUT2D eigenvalue weighted by atomic mass is 32.1. The highest BCUT2D eigenvalue weighted by Crippen LogP contribution is 2.13. The van der Waals surface area contributed by atoms with Gasteiger partial charge in [0, 0.05) is 11.6 Å². The fourth-order valence-electron chi connectivity index (χ4n) is 1.61. The molecule has 0 aromatic carbocycles. The first-order valence-corrected chi connectivity index (χ1v) is 6.10. The van der Waals surface area contributed by atoms with E-state index in [0.29, 0.717) is 11.3 Å². The second kappa shape index (κ2) is 3.80. The Morgan fingerprint density at radius 1 is 1.44 bits per heavy atom. The fourth-order valence-corrected chi connectivity index (χ4v) is 2.42. The van der Waals surface area contributed by atoms with Crippen LogP contribution in [-0.4, -0.2) is 19.5 Å². The lowest BCUT2D eigenvalue weighted by Gasteiger charge is -1.99. The third-order valence-corrected chi connectivity index (χ3v) is 3.29. The van der Waals surface area contributed by atoms with E-state index in [9.17, 15) is 0 Å². The van der Waals surface area contributed by atoms with Crippen molar-refractivity contribution < 1.29 is 0 Å². The highest BCUT2D eigenvalue weighted by molar-refractivity contribution is 7.71. The van der Waals surface area contributed by atoms with Gasteiger partial charge in [0.1, 0.15) is 0 Å². The van der Waals surface area contributed by atoms with E-state index >= 15 is 0 Å². The van der Waals surface area contributed by atoms with Crippen molar-refractivity contribution in [3.63, 3.8) is 0 Å². The summed E-state index contributed by atoms with van der Waals surface area (Å²) < 4.78 is 2.64. The SMILES string of the molecule is S=c1[nH]c2cccnc2n1Cc1cscn1. The average molecular weight is 248 g/mol. The van der Waals surface area contributed by atoms with Crippen molar-refractivity contribution in [2.75, 3.05) is 0 Å². The Morgan fingerprint density at radius 2 is 2.38 bits per heavy atom. The number of H-pyrrole nitrogens is 1. The Hall–Kier alpha value is -1.53. The van der Waals surface area contributed by atoms with E-state index < -0.39 is 0 Å². The molecule has 0 fully saturated rings. The van der Waals surface area contributed by atoms with Crippen molar-refractivity contribution >= 4 is 34.7 Å². The number of thiazole rings is 1. The molecule has 0 radical (unpaired) electrons. The molecule has 4 nitrogen and oxygen atoms in total. The summed E-state index contributed by atoms with van der Waals surface area (Å²) in [5, 5.41) is 2.02. The summed E-state index contributed by atoms with van der Waals surface area (Å²) in [6.45, 7) is 0.666. The first-order chi connectivity index (χ1) is 7.84. The van der Waals surface area contributed by atoms with Gasteiger partial charge in [-0.3, -0.25) is 4.57 Å². The summed E-state index contributed by atoms with van der Waals surface area (Å²) in [4.78, 5) is 11.7. The molecule has 0 spiro atoms. The summed E-state index contributed by atoms with van der Waals surface area (Å²) in [6.07, 6.45) is 1.77. The minimum absolute atomic E-state index is 0.666. The Bertz CT molecular complexity index is 666. The first kappa shape index (κ1) is 9.68. The van der Waals surface area contributed by atoms with Crippen LogP contribution < -0.4 is 0 Å². The van der Waals surface area contributed by atoms with E-state index in [1.54, 1.807) is 17.5 Å². The molecule has 0 unspecified atom stereocenters. The van der Waals surface area contributed by atoms with Gasteiger partial charge in [-0.15, -0.1) is 11.3 Å². The lowest BCUT2D eigenvalue weighted by molar-refractivity contribution is 0.782. The predicted molar refractivity (Wildman–Crippen MR) is 66.1 cm³/mol. The maximum Gasteiger partial charge on any atom is 0.179 e. The topological polar surface area (TPSA) is 46.5 Å². The Balaban J connectivity index is 2.16. The number of aromatic amines is 1. The number of aromatic nitrogens is 4. The highest BCUT2D eigenvalue weighted by Gasteiger charge is 2.06. The van der Waals surface area contributed by atoms with Crippen molar-refractivity contribution in [1.82, 2.24) is 19.5 Å². The molecule has 0 atom stereocenters. The van der Waals surface area contributed by atoms with Crippen LogP contribution in [0.15, 0.2) is 29.2 Å². The summed E-state index contributed by atoms with van der Waals surface area (Å²) in [7, 11) is 0. The van der Waals surface area contributed by atoms with Gasteiger partial charge in [-0.1, -0.05) is 0 Å². The second-order valence-electron chi connectivity index (χ2n) is 3.37. The van der Waals surface area contributed by atoms with Crippen LogP contribution in [0.4, 0.5) is 0 Å². The molecule has 3 aromatic heterocycles. The molecular formula is C10H8N4S2. The molecule has 16 heavy (non-hydrogen) atoms. The lowest BCUT2D eigenvalue weighted by atomic mass is 10.4. The zero-order valence-corrected chi connectivity index (χ0v) is 9.88. The van der Waals surface area contributed by atoms with Crippen LogP contribution in [-0.2, 0) is 6.54 Å². The van der Waals surface area contributed by atoms with E-state index in [1.807, 2.05) is 27.6 Å². The number of nitrogens with one attached hydrogen (secondary N) is 1. The molecule has 1 N–H and O–H groups in total. The van der Waals surface area contributed by atoms with E-state index in [1.165, 1.54) is 0 Å². The molecule has 0 amide bonds. The van der Waals surface area contributed by atoms with Gasteiger partial charge in [-0.2, -0.15) is 0 Å². The van der Waals surface area contributed by atoms with Crippen molar-refractivity contribution in [3.05, 3.63) is 39.7 Å². The minimum Gasteiger partial charge on any atom is -0.329 e. The average Bonchev–Trinajstić information content (AvgIpc) is 2.89. The monoisotopic (exact) mass is 248 g/mol. The Morgan fingerprint density at radius 3 is 3.19 bits per heavy atom. The third kappa shape index (κ3) is 1.56. The molecule has 0 aliphatic rings. The summed E-state index contributed by atoms with van der Waals surface area (Å²) in [6, 6.07) is 3.86. The van der Waals surface area contributed by atoms with Gasteiger partial charge >= 0.3 is 0 Å². The van der Waals surface area contributed by atoms with Crippen molar-refractivity contribution in [1.29, 1.82) is 0 Å². The smallest absolute Gasteiger partial charge is 0.179 e. The van der Waals surface area contributed by atoms with E-state index in [2.05, 4.69) is 15.0 Å². The number of imidazole rings is 1. The fraction of sp³-hybridized carbons (Fsp3) is 0.100. The molecule has 0 aliphatic carbocycles. The zero-order chi connectivity index (χ0) is 11.0. The van der Waals surface area contributed by atoms with Crippen LogP contribution in [0.2, 0.25) is 0 Å². The Labute approximate surface area is 101 Å². The van der Waals surface area contributed by atoms with E-state index in [4.69, 9.17) is 12.2 Å². The zero-order valence-electron chi connectivity index (χ0n) is 8.25. The number of nitrogens with zero attached hydrogens (tertiary/aromatic N) is 3. The number of hydrogen-bond acceptors (Lipinski definition) is 4. The van der Waals surface area contributed by atoms with Crippen molar-refractivity contribution in [2.24, 2.45) is 0 Å². The van der Waals surface area contributed by atoms with Crippen LogP contribution in [0.5, 0.6) is 0 Å². The summed E-state index contributed by atoms with van der Waals surface area (Å²) in [5.74, 6) is 0. The van der Waals surface area contributed by atoms with Gasteiger partial charge in [0.15, 0.2) is 10.4 Å². The van der Waals surface area contributed by atoms with Gasteiger partial charge < -0.3 is 4.98 Å². The number of rotatable bonds is 2. The van der Waals surface area contributed by atoms with Crippen LogP contribution in [0, 0.1) is 4.77 Å². The maximum absolute atomic E-state index is 5.27. The van der Waals surface area contributed by atoms with Crippen LogP contribution in [0.3, 0.4) is 0 Å². The maximum atomic E-state index is 5.27. The van der Waals surface area contributed by atoms with Crippen molar-refractivity contribution in [3.8, 4) is 0 Å². The lowest BCUT2D eigenvalue weighted by Crippen LogP contribution is -2.00. The molecule has 0 bridgehead atoms. The van der Waals surface area contributed by atoms with E-state index in [-0.39, 0.29) is 0 Å². The second-order valence-corrected chi connectivity index (χ2v) is 4.48. The van der Waals surface area contributed by atoms with Gasteiger partial charge in [-0.25, -0.2) is 9.97 Å². The quantitative estimate of drug-likeness (QED) is 0.709. The number of hydrogen-bond donors (Lipinski definition) is 1. The molecule has 0 saturated carbocycles. The number of fused-ring (bicyclic) bond motifs is 1. The summed E-state index contributed by atoms with van der Waals surface area (Å²) >= 11 is 6.85.